The number of aromatic nitrogens is 2. The van der Waals surface area contributed by atoms with E-state index in [1.807, 2.05) is 13.2 Å². The summed E-state index contributed by atoms with van der Waals surface area (Å²) in [5.41, 5.74) is 1.39. The van der Waals surface area contributed by atoms with E-state index in [9.17, 15) is 9.18 Å². The number of benzene rings is 1. The molecule has 3 atom stereocenters. The summed E-state index contributed by atoms with van der Waals surface area (Å²) in [4.78, 5) is 12.8. The van der Waals surface area contributed by atoms with Crippen LogP contribution >= 0.6 is 0 Å². The Hall–Kier alpha value is -2.41. The largest absolute Gasteiger partial charge is 0.496 e. The third-order valence-corrected chi connectivity index (χ3v) is 4.73. The molecule has 1 unspecified atom stereocenters. The minimum atomic E-state index is -0.487. The van der Waals surface area contributed by atoms with Crippen molar-refractivity contribution in [2.24, 2.45) is 13.0 Å². The molecule has 1 aromatic heterocycles. The van der Waals surface area contributed by atoms with Gasteiger partial charge in [-0.3, -0.25) is 9.48 Å². The number of hydrogen-bond donors (Lipinski definition) is 2. The van der Waals surface area contributed by atoms with E-state index < -0.39 is 6.04 Å². The SMILES string of the molecule is COc1cccc(F)c1C(C)NC(=O)[C@H]1CNC[C@@H]1c1cnn(C)c1. The molecule has 0 bridgehead atoms. The first-order chi connectivity index (χ1) is 12.0. The summed E-state index contributed by atoms with van der Waals surface area (Å²) in [7, 11) is 3.35. The Balaban J connectivity index is 1.75. The molecule has 1 aliphatic rings. The molecule has 0 aliphatic carbocycles. The van der Waals surface area contributed by atoms with Crippen LogP contribution in [0.1, 0.15) is 30.0 Å². The van der Waals surface area contributed by atoms with Crippen LogP contribution in [0, 0.1) is 11.7 Å². The van der Waals surface area contributed by atoms with Gasteiger partial charge >= 0.3 is 0 Å². The molecule has 1 aromatic carbocycles. The molecule has 134 valence electrons. The van der Waals surface area contributed by atoms with Gasteiger partial charge in [-0.1, -0.05) is 6.07 Å². The normalized spacial score (nSPS) is 21.1. The van der Waals surface area contributed by atoms with Crippen LogP contribution in [0.2, 0.25) is 0 Å². The first-order valence-electron chi connectivity index (χ1n) is 8.33. The molecule has 1 fully saturated rings. The maximum atomic E-state index is 14.2. The van der Waals surface area contributed by atoms with Crippen molar-refractivity contribution in [1.29, 1.82) is 0 Å². The van der Waals surface area contributed by atoms with Crippen LogP contribution in [0.4, 0.5) is 4.39 Å². The number of hydrogen-bond acceptors (Lipinski definition) is 4. The van der Waals surface area contributed by atoms with Crippen LogP contribution in [-0.4, -0.2) is 35.9 Å². The lowest BCUT2D eigenvalue weighted by Gasteiger charge is -2.22. The fourth-order valence-electron chi connectivity index (χ4n) is 3.44. The molecule has 1 amide bonds. The molecule has 6 nitrogen and oxygen atoms in total. The predicted octanol–water partition coefficient (Wildman–Crippen LogP) is 1.75. The molecule has 2 aromatic rings. The van der Waals surface area contributed by atoms with Gasteiger partial charge in [-0.05, 0) is 24.6 Å². The van der Waals surface area contributed by atoms with Gasteiger partial charge in [-0.15, -0.1) is 0 Å². The van der Waals surface area contributed by atoms with Gasteiger partial charge in [0.15, 0.2) is 0 Å². The highest BCUT2D eigenvalue weighted by atomic mass is 19.1. The first kappa shape index (κ1) is 17.4. The predicted molar refractivity (Wildman–Crippen MR) is 91.8 cm³/mol. The lowest BCUT2D eigenvalue weighted by atomic mass is 9.90. The maximum Gasteiger partial charge on any atom is 0.225 e. The van der Waals surface area contributed by atoms with Crippen molar-refractivity contribution in [3.05, 3.63) is 47.5 Å². The number of methoxy groups -OCH3 is 1. The molecular weight excluding hydrogens is 323 g/mol. The summed E-state index contributed by atoms with van der Waals surface area (Å²) in [5, 5.41) is 10.4. The van der Waals surface area contributed by atoms with Gasteiger partial charge in [-0.25, -0.2) is 4.39 Å². The average Bonchev–Trinajstić information content (AvgIpc) is 3.22. The highest BCUT2D eigenvalue weighted by Gasteiger charge is 2.35. The van der Waals surface area contributed by atoms with Crippen molar-refractivity contribution in [3.63, 3.8) is 0 Å². The topological polar surface area (TPSA) is 68.2 Å². The lowest BCUT2D eigenvalue weighted by Crippen LogP contribution is -2.36. The Morgan fingerprint density at radius 3 is 2.96 bits per heavy atom. The number of halogens is 1. The summed E-state index contributed by atoms with van der Waals surface area (Å²) in [6, 6.07) is 4.16. The third-order valence-electron chi connectivity index (χ3n) is 4.73. The van der Waals surface area contributed by atoms with Gasteiger partial charge in [0.25, 0.3) is 0 Å². The molecule has 1 aliphatic heterocycles. The van der Waals surface area contributed by atoms with E-state index in [1.54, 1.807) is 29.9 Å². The molecule has 1 saturated heterocycles. The molecular formula is C18H23FN4O2. The Morgan fingerprint density at radius 2 is 2.28 bits per heavy atom. The minimum Gasteiger partial charge on any atom is -0.496 e. The fraction of sp³-hybridized carbons (Fsp3) is 0.444. The summed E-state index contributed by atoms with van der Waals surface area (Å²) < 4.78 is 21.2. The summed E-state index contributed by atoms with van der Waals surface area (Å²) in [6.07, 6.45) is 3.72. The van der Waals surface area contributed by atoms with Crippen LogP contribution < -0.4 is 15.4 Å². The van der Waals surface area contributed by atoms with Crippen molar-refractivity contribution in [2.75, 3.05) is 20.2 Å². The fourth-order valence-corrected chi connectivity index (χ4v) is 3.44. The van der Waals surface area contributed by atoms with Crippen molar-refractivity contribution in [1.82, 2.24) is 20.4 Å². The lowest BCUT2D eigenvalue weighted by molar-refractivity contribution is -0.125. The van der Waals surface area contributed by atoms with E-state index in [4.69, 9.17) is 4.74 Å². The summed E-state index contributed by atoms with van der Waals surface area (Å²) in [6.45, 7) is 3.08. The Bertz CT molecular complexity index is 761. The van der Waals surface area contributed by atoms with Crippen LogP contribution in [0.5, 0.6) is 5.75 Å². The van der Waals surface area contributed by atoms with E-state index in [0.29, 0.717) is 17.9 Å². The Kier molecular flexibility index (Phi) is 5.03. The van der Waals surface area contributed by atoms with Gasteiger partial charge < -0.3 is 15.4 Å². The van der Waals surface area contributed by atoms with Gasteiger partial charge in [0.05, 0.1) is 30.8 Å². The number of carbonyl (C=O) groups is 1. The zero-order chi connectivity index (χ0) is 18.0. The van der Waals surface area contributed by atoms with Crippen molar-refractivity contribution < 1.29 is 13.9 Å². The molecule has 3 rings (SSSR count). The smallest absolute Gasteiger partial charge is 0.225 e. The maximum absolute atomic E-state index is 14.2. The molecule has 0 radical (unpaired) electrons. The summed E-state index contributed by atoms with van der Waals surface area (Å²) in [5.74, 6) is -0.217. The molecule has 2 N–H and O–H groups in total. The van der Waals surface area contributed by atoms with E-state index in [0.717, 1.165) is 12.1 Å². The standard InChI is InChI=1S/C18H23FN4O2/c1-11(17-15(19)5-4-6-16(17)25-3)22-18(24)14-9-20-8-13(14)12-7-21-23(2)10-12/h4-7,10-11,13-14,20H,8-9H2,1-3H3,(H,22,24)/t11?,13-,14+/m1/s1. The second kappa shape index (κ2) is 7.23. The Morgan fingerprint density at radius 1 is 1.48 bits per heavy atom. The van der Waals surface area contributed by atoms with E-state index >= 15 is 0 Å². The number of nitrogens with one attached hydrogen (secondary N) is 2. The van der Waals surface area contributed by atoms with Crippen molar-refractivity contribution in [3.8, 4) is 5.75 Å². The van der Waals surface area contributed by atoms with Crippen LogP contribution in [0.15, 0.2) is 30.6 Å². The number of aryl methyl sites for hydroxylation is 1. The molecule has 0 spiro atoms. The van der Waals surface area contributed by atoms with Gasteiger partial charge in [0.2, 0.25) is 5.91 Å². The van der Waals surface area contributed by atoms with E-state index in [2.05, 4.69) is 15.7 Å². The van der Waals surface area contributed by atoms with Crippen LogP contribution in [0.25, 0.3) is 0 Å². The first-order valence-corrected chi connectivity index (χ1v) is 8.33. The number of ether oxygens (including phenoxy) is 1. The van der Waals surface area contributed by atoms with Crippen LogP contribution in [-0.2, 0) is 11.8 Å². The molecule has 2 heterocycles. The molecule has 0 saturated carbocycles. The quantitative estimate of drug-likeness (QED) is 0.865. The van der Waals surface area contributed by atoms with Gasteiger partial charge in [0.1, 0.15) is 11.6 Å². The number of carbonyl (C=O) groups excluding carboxylic acids is 1. The zero-order valence-electron chi connectivity index (χ0n) is 14.6. The van der Waals surface area contributed by atoms with Gasteiger partial charge in [-0.2, -0.15) is 5.10 Å². The highest BCUT2D eigenvalue weighted by molar-refractivity contribution is 5.81. The summed E-state index contributed by atoms with van der Waals surface area (Å²) >= 11 is 0. The zero-order valence-corrected chi connectivity index (χ0v) is 14.6. The van der Waals surface area contributed by atoms with E-state index in [-0.39, 0.29) is 23.6 Å². The van der Waals surface area contributed by atoms with Crippen LogP contribution in [0.3, 0.4) is 0 Å². The second-order valence-electron chi connectivity index (χ2n) is 6.40. The number of rotatable bonds is 5. The van der Waals surface area contributed by atoms with Crippen molar-refractivity contribution in [2.45, 2.75) is 18.9 Å². The number of amides is 1. The highest BCUT2D eigenvalue weighted by Crippen LogP contribution is 2.31. The van der Waals surface area contributed by atoms with Gasteiger partial charge in [0, 0.05) is 32.3 Å². The van der Waals surface area contributed by atoms with Crippen molar-refractivity contribution >= 4 is 5.91 Å². The van der Waals surface area contributed by atoms with E-state index in [1.165, 1.54) is 13.2 Å². The monoisotopic (exact) mass is 346 g/mol. The number of nitrogens with zero attached hydrogens (tertiary/aromatic N) is 2. The minimum absolute atomic E-state index is 0.0587. The average molecular weight is 346 g/mol. The Labute approximate surface area is 146 Å². The third kappa shape index (κ3) is 3.51. The molecule has 25 heavy (non-hydrogen) atoms. The molecule has 7 heteroatoms. The second-order valence-corrected chi connectivity index (χ2v) is 6.40.